The summed E-state index contributed by atoms with van der Waals surface area (Å²) in [6.07, 6.45) is 0. The zero-order chi connectivity index (χ0) is 36.6. The molecule has 10 aromatic carbocycles. The molecule has 0 aliphatic carbocycles. The van der Waals surface area contributed by atoms with Gasteiger partial charge in [0.1, 0.15) is 0 Å². The summed E-state index contributed by atoms with van der Waals surface area (Å²) >= 11 is 0. The second-order valence-corrected chi connectivity index (χ2v) is 14.2. The van der Waals surface area contributed by atoms with E-state index in [2.05, 4.69) is 229 Å². The van der Waals surface area contributed by atoms with Crippen LogP contribution in [0.25, 0.3) is 76.8 Å². The van der Waals surface area contributed by atoms with Crippen LogP contribution in [0.1, 0.15) is 0 Å². The van der Waals surface area contributed by atoms with Crippen molar-refractivity contribution in [2.75, 3.05) is 4.90 Å². The van der Waals surface area contributed by atoms with Crippen LogP contribution < -0.4 is 4.90 Å². The van der Waals surface area contributed by atoms with Crippen molar-refractivity contribution < 1.29 is 0 Å². The molecule has 0 unspecified atom stereocenters. The standard InChI is InChI=1S/C54H37N/c1-2-12-43(13-3-1)53-35-29-44-14-8-9-17-52(44)54(53)45-27-32-50(33-28-45)55(51-34-26-39-11-5-7-16-47(39)37-51)49-30-24-41(25-31-49)40-18-20-42(21-19-40)48-23-22-38-10-4-6-15-46(38)36-48/h1-37H. The first kappa shape index (κ1) is 32.4. The van der Waals surface area contributed by atoms with Gasteiger partial charge in [-0.25, -0.2) is 0 Å². The Kier molecular flexibility index (Phi) is 8.24. The van der Waals surface area contributed by atoms with E-state index in [0.717, 1.165) is 17.1 Å². The Morgan fingerprint density at radius 2 is 0.673 bits per heavy atom. The van der Waals surface area contributed by atoms with E-state index in [9.17, 15) is 0 Å². The molecule has 0 aliphatic heterocycles. The lowest BCUT2D eigenvalue weighted by atomic mass is 9.89. The maximum atomic E-state index is 2.37. The number of hydrogen-bond donors (Lipinski definition) is 0. The van der Waals surface area contributed by atoms with Crippen molar-refractivity contribution in [1.29, 1.82) is 0 Å². The largest absolute Gasteiger partial charge is 0.310 e. The lowest BCUT2D eigenvalue weighted by Gasteiger charge is -2.26. The van der Waals surface area contributed by atoms with E-state index < -0.39 is 0 Å². The fourth-order valence-electron chi connectivity index (χ4n) is 8.01. The van der Waals surface area contributed by atoms with Gasteiger partial charge >= 0.3 is 0 Å². The summed E-state index contributed by atoms with van der Waals surface area (Å²) in [5.41, 5.74) is 13.1. The van der Waals surface area contributed by atoms with Gasteiger partial charge in [0.25, 0.3) is 0 Å². The van der Waals surface area contributed by atoms with Gasteiger partial charge in [-0.3, -0.25) is 0 Å². The molecule has 0 atom stereocenters. The molecule has 1 heteroatoms. The SMILES string of the molecule is c1ccc(-c2ccc3ccccc3c2-c2ccc(N(c3ccc(-c4ccc(-c5ccc6ccccc6c5)cc4)cc3)c3ccc4ccccc4c3)cc2)cc1. The summed E-state index contributed by atoms with van der Waals surface area (Å²) in [7, 11) is 0. The highest BCUT2D eigenvalue weighted by atomic mass is 15.1. The van der Waals surface area contributed by atoms with Gasteiger partial charge in [-0.2, -0.15) is 0 Å². The van der Waals surface area contributed by atoms with Crippen LogP contribution in [0.3, 0.4) is 0 Å². The number of anilines is 3. The van der Waals surface area contributed by atoms with Crippen LogP contribution in [0.4, 0.5) is 17.1 Å². The lowest BCUT2D eigenvalue weighted by Crippen LogP contribution is -2.09. The fourth-order valence-corrected chi connectivity index (χ4v) is 8.01. The molecule has 0 bridgehead atoms. The van der Waals surface area contributed by atoms with Gasteiger partial charge < -0.3 is 4.90 Å². The average Bonchev–Trinajstić information content (AvgIpc) is 3.27. The Bertz CT molecular complexity index is 2940. The molecule has 0 aromatic heterocycles. The van der Waals surface area contributed by atoms with Crippen LogP contribution >= 0.6 is 0 Å². The maximum absolute atomic E-state index is 2.37. The highest BCUT2D eigenvalue weighted by Crippen LogP contribution is 2.42. The monoisotopic (exact) mass is 699 g/mol. The fraction of sp³-hybridized carbons (Fsp3) is 0. The van der Waals surface area contributed by atoms with Crippen LogP contribution in [0.5, 0.6) is 0 Å². The molecule has 55 heavy (non-hydrogen) atoms. The highest BCUT2D eigenvalue weighted by molar-refractivity contribution is 6.04. The first-order valence-electron chi connectivity index (χ1n) is 18.9. The number of hydrogen-bond acceptors (Lipinski definition) is 1. The summed E-state index contributed by atoms with van der Waals surface area (Å²) in [5.74, 6) is 0. The molecule has 0 spiro atoms. The summed E-state index contributed by atoms with van der Waals surface area (Å²) in [5, 5.41) is 7.46. The molecule has 1 nitrogen and oxygen atoms in total. The van der Waals surface area contributed by atoms with E-state index in [-0.39, 0.29) is 0 Å². The van der Waals surface area contributed by atoms with Crippen molar-refractivity contribution in [3.63, 3.8) is 0 Å². The van der Waals surface area contributed by atoms with Crippen molar-refractivity contribution in [2.24, 2.45) is 0 Å². The molecule has 0 radical (unpaired) electrons. The minimum atomic E-state index is 1.10. The molecule has 0 saturated carbocycles. The summed E-state index contributed by atoms with van der Waals surface area (Å²) in [6.45, 7) is 0. The van der Waals surface area contributed by atoms with Crippen LogP contribution in [-0.4, -0.2) is 0 Å². The molecule has 10 aromatic rings. The first-order valence-corrected chi connectivity index (χ1v) is 18.9. The number of rotatable bonds is 7. The lowest BCUT2D eigenvalue weighted by molar-refractivity contribution is 1.29. The van der Waals surface area contributed by atoms with Gasteiger partial charge in [-0.1, -0.05) is 182 Å². The first-order chi connectivity index (χ1) is 27.2. The van der Waals surface area contributed by atoms with Gasteiger partial charge in [-0.15, -0.1) is 0 Å². The second kappa shape index (κ2) is 14.0. The van der Waals surface area contributed by atoms with Crippen molar-refractivity contribution in [3.05, 3.63) is 224 Å². The van der Waals surface area contributed by atoms with Crippen LogP contribution in [0.15, 0.2) is 224 Å². The molecule has 0 saturated heterocycles. The second-order valence-electron chi connectivity index (χ2n) is 14.2. The number of benzene rings is 10. The molecular formula is C54H37N. The van der Waals surface area contributed by atoms with Crippen LogP contribution in [-0.2, 0) is 0 Å². The van der Waals surface area contributed by atoms with Gasteiger partial charge in [0.2, 0.25) is 0 Å². The smallest absolute Gasteiger partial charge is 0.0468 e. The molecule has 0 aliphatic rings. The third-order valence-corrected chi connectivity index (χ3v) is 10.8. The van der Waals surface area contributed by atoms with Crippen molar-refractivity contribution in [3.8, 4) is 44.5 Å². The van der Waals surface area contributed by atoms with E-state index in [0.29, 0.717) is 0 Å². The van der Waals surface area contributed by atoms with Crippen LogP contribution in [0.2, 0.25) is 0 Å². The molecule has 10 rings (SSSR count). The molecule has 0 fully saturated rings. The third-order valence-electron chi connectivity index (χ3n) is 10.8. The Hall–Kier alpha value is -7.22. The van der Waals surface area contributed by atoms with Crippen molar-refractivity contribution in [2.45, 2.75) is 0 Å². The predicted molar refractivity (Wildman–Crippen MR) is 235 cm³/mol. The summed E-state index contributed by atoms with van der Waals surface area (Å²) in [4.78, 5) is 2.37. The summed E-state index contributed by atoms with van der Waals surface area (Å²) < 4.78 is 0. The van der Waals surface area contributed by atoms with Gasteiger partial charge in [-0.05, 0) is 119 Å². The molecule has 0 N–H and O–H groups in total. The van der Waals surface area contributed by atoms with Crippen molar-refractivity contribution >= 4 is 49.4 Å². The van der Waals surface area contributed by atoms with E-state index in [1.54, 1.807) is 0 Å². The summed E-state index contributed by atoms with van der Waals surface area (Å²) in [6, 6.07) is 81.4. The van der Waals surface area contributed by atoms with E-state index in [4.69, 9.17) is 0 Å². The van der Waals surface area contributed by atoms with Crippen LogP contribution in [0, 0.1) is 0 Å². The quantitative estimate of drug-likeness (QED) is 0.160. The molecule has 258 valence electrons. The van der Waals surface area contributed by atoms with E-state index >= 15 is 0 Å². The zero-order valence-corrected chi connectivity index (χ0v) is 30.3. The number of fused-ring (bicyclic) bond motifs is 3. The highest BCUT2D eigenvalue weighted by Gasteiger charge is 2.16. The van der Waals surface area contributed by atoms with Gasteiger partial charge in [0.15, 0.2) is 0 Å². The van der Waals surface area contributed by atoms with Gasteiger partial charge in [0.05, 0.1) is 0 Å². The Morgan fingerprint density at radius 3 is 1.33 bits per heavy atom. The zero-order valence-electron chi connectivity index (χ0n) is 30.3. The molecule has 0 amide bonds. The Morgan fingerprint density at radius 1 is 0.236 bits per heavy atom. The minimum absolute atomic E-state index is 1.10. The molecular weight excluding hydrogens is 663 g/mol. The Labute approximate surface area is 322 Å². The topological polar surface area (TPSA) is 3.24 Å². The Balaban J connectivity index is 1.02. The van der Waals surface area contributed by atoms with E-state index in [1.807, 2.05) is 0 Å². The number of nitrogens with zero attached hydrogens (tertiary/aromatic N) is 1. The third kappa shape index (κ3) is 6.22. The normalized spacial score (nSPS) is 11.3. The maximum Gasteiger partial charge on any atom is 0.0468 e. The molecule has 0 heterocycles. The van der Waals surface area contributed by atoms with E-state index in [1.165, 1.54) is 76.8 Å². The minimum Gasteiger partial charge on any atom is -0.310 e. The van der Waals surface area contributed by atoms with Crippen molar-refractivity contribution in [1.82, 2.24) is 0 Å². The predicted octanol–water partition coefficient (Wildman–Crippen LogP) is 15.3. The van der Waals surface area contributed by atoms with Gasteiger partial charge in [0, 0.05) is 17.1 Å². The average molecular weight is 700 g/mol.